The molecule has 0 fully saturated rings. The number of aromatic nitrogens is 1. The van der Waals surface area contributed by atoms with Gasteiger partial charge in [-0.15, -0.1) is 0 Å². The summed E-state index contributed by atoms with van der Waals surface area (Å²) in [6, 6.07) is 8.26. The normalized spacial score (nSPS) is 12.1. The van der Waals surface area contributed by atoms with E-state index in [1.165, 1.54) is 25.4 Å². The van der Waals surface area contributed by atoms with Gasteiger partial charge in [-0.1, -0.05) is 6.07 Å². The van der Waals surface area contributed by atoms with E-state index in [1.54, 1.807) is 12.1 Å². The molecule has 0 aliphatic carbocycles. The maximum atomic E-state index is 13.2. The van der Waals surface area contributed by atoms with E-state index < -0.39 is 17.6 Å². The lowest BCUT2D eigenvalue weighted by Crippen LogP contribution is -2.38. The van der Waals surface area contributed by atoms with Crippen LogP contribution in [0.15, 0.2) is 58.1 Å². The van der Waals surface area contributed by atoms with Crippen LogP contribution in [0.1, 0.15) is 16.8 Å². The molecule has 1 heterocycles. The molecule has 5 nitrogen and oxygen atoms in total. The Morgan fingerprint density at radius 1 is 1.03 bits per heavy atom. The Balaban J connectivity index is 1.54. The molecule has 0 saturated carbocycles. The molecule has 31 heavy (non-hydrogen) atoms. The summed E-state index contributed by atoms with van der Waals surface area (Å²) < 4.78 is 70.9. The lowest BCUT2D eigenvalue weighted by atomic mass is 10.1. The second-order valence-electron chi connectivity index (χ2n) is 6.55. The lowest BCUT2D eigenvalue weighted by Gasteiger charge is -2.15. The minimum Gasteiger partial charge on any atom is -0.444 e. The number of nitrogens with one attached hydrogen (secondary N) is 2. The third-order valence-corrected chi connectivity index (χ3v) is 4.36. The summed E-state index contributed by atoms with van der Waals surface area (Å²) in [6.07, 6.45) is -2.73. The van der Waals surface area contributed by atoms with Crippen LogP contribution >= 0.6 is 0 Å². The molecule has 0 amide bonds. The van der Waals surface area contributed by atoms with Gasteiger partial charge in [0.1, 0.15) is 17.9 Å². The summed E-state index contributed by atoms with van der Waals surface area (Å²) in [5, 5.41) is 5.74. The fraction of sp³-hybridized carbons (Fsp3) is 0.238. The average Bonchev–Trinajstić information content (AvgIpc) is 3.20. The van der Waals surface area contributed by atoms with Crippen molar-refractivity contribution in [1.82, 2.24) is 15.6 Å². The topological polar surface area (TPSA) is 62.5 Å². The average molecular weight is 438 g/mol. The van der Waals surface area contributed by atoms with Gasteiger partial charge in [0.2, 0.25) is 5.89 Å². The number of alkyl halides is 3. The van der Waals surface area contributed by atoms with Crippen molar-refractivity contribution >= 4 is 5.96 Å². The third-order valence-electron chi connectivity index (χ3n) is 4.36. The van der Waals surface area contributed by atoms with Gasteiger partial charge in [0.25, 0.3) is 0 Å². The van der Waals surface area contributed by atoms with E-state index in [1.807, 2.05) is 0 Å². The summed E-state index contributed by atoms with van der Waals surface area (Å²) in [5.74, 6) is -0.680. The zero-order chi connectivity index (χ0) is 22.4. The number of nitrogens with zero attached hydrogens (tertiary/aromatic N) is 2. The minimum absolute atomic E-state index is 0.0997. The van der Waals surface area contributed by atoms with Crippen molar-refractivity contribution < 1.29 is 26.4 Å². The molecule has 0 spiro atoms. The van der Waals surface area contributed by atoms with Crippen molar-refractivity contribution in [2.24, 2.45) is 4.99 Å². The first-order chi connectivity index (χ1) is 14.8. The third kappa shape index (κ3) is 6.03. The highest BCUT2D eigenvalue weighted by atomic mass is 19.4. The molecule has 3 aromatic rings. The molecule has 164 valence electrons. The minimum atomic E-state index is -4.66. The van der Waals surface area contributed by atoms with E-state index in [2.05, 4.69) is 20.6 Å². The predicted octanol–water partition coefficient (Wildman–Crippen LogP) is 4.55. The largest absolute Gasteiger partial charge is 0.444 e. The summed E-state index contributed by atoms with van der Waals surface area (Å²) in [6.45, 7) is 0.193. The van der Waals surface area contributed by atoms with Crippen LogP contribution in [0.5, 0.6) is 0 Å². The number of oxazole rings is 1. The van der Waals surface area contributed by atoms with Gasteiger partial charge in [-0.3, -0.25) is 4.99 Å². The number of hydrogen-bond donors (Lipinski definition) is 2. The van der Waals surface area contributed by atoms with Gasteiger partial charge < -0.3 is 15.1 Å². The Morgan fingerprint density at radius 3 is 2.42 bits per heavy atom. The number of halogens is 5. The standard InChI is InChI=1S/C21H19F5N4O/c1-27-20(29-11-14-4-7-16(23)10-18(14)21(24,25)26)28-9-8-17-12-31-19(30-17)13-2-5-15(22)6-3-13/h2-7,10,12H,8-9,11H2,1H3,(H2,27,28,29). The van der Waals surface area contributed by atoms with Gasteiger partial charge in [-0.05, 0) is 42.0 Å². The monoisotopic (exact) mass is 438 g/mol. The van der Waals surface area contributed by atoms with Crippen LogP contribution < -0.4 is 10.6 Å². The summed E-state index contributed by atoms with van der Waals surface area (Å²) in [7, 11) is 1.48. The van der Waals surface area contributed by atoms with Crippen molar-refractivity contribution in [3.63, 3.8) is 0 Å². The maximum absolute atomic E-state index is 13.2. The molecule has 0 aliphatic rings. The Hall–Kier alpha value is -3.43. The first-order valence-electron chi connectivity index (χ1n) is 9.27. The fourth-order valence-corrected chi connectivity index (χ4v) is 2.82. The van der Waals surface area contributed by atoms with E-state index in [-0.39, 0.29) is 23.9 Å². The summed E-state index contributed by atoms with van der Waals surface area (Å²) in [4.78, 5) is 8.29. The van der Waals surface area contributed by atoms with Crippen molar-refractivity contribution in [3.8, 4) is 11.5 Å². The molecule has 0 atom stereocenters. The highest BCUT2D eigenvalue weighted by molar-refractivity contribution is 5.79. The molecule has 10 heteroatoms. The van der Waals surface area contributed by atoms with Crippen molar-refractivity contribution in [1.29, 1.82) is 0 Å². The zero-order valence-corrected chi connectivity index (χ0v) is 16.4. The highest BCUT2D eigenvalue weighted by Gasteiger charge is 2.33. The van der Waals surface area contributed by atoms with Crippen LogP contribution in [0.25, 0.3) is 11.5 Å². The van der Waals surface area contributed by atoms with Crippen LogP contribution in [0.2, 0.25) is 0 Å². The molecular formula is C21H19F5N4O. The zero-order valence-electron chi connectivity index (χ0n) is 16.4. The molecule has 0 bridgehead atoms. The van der Waals surface area contributed by atoms with Crippen LogP contribution in [0, 0.1) is 11.6 Å². The quantitative estimate of drug-likeness (QED) is 0.337. The van der Waals surface area contributed by atoms with E-state index >= 15 is 0 Å². The van der Waals surface area contributed by atoms with E-state index in [4.69, 9.17) is 4.42 Å². The molecule has 2 aromatic carbocycles. The molecule has 1 aromatic heterocycles. The Labute approximate surface area is 175 Å². The Kier molecular flexibility index (Phi) is 6.88. The Morgan fingerprint density at radius 2 is 1.74 bits per heavy atom. The van der Waals surface area contributed by atoms with Crippen LogP contribution in [-0.4, -0.2) is 24.5 Å². The predicted molar refractivity (Wildman–Crippen MR) is 105 cm³/mol. The molecule has 3 rings (SSSR count). The summed E-state index contributed by atoms with van der Waals surface area (Å²) >= 11 is 0. The number of aliphatic imine (C=N–C) groups is 1. The summed E-state index contributed by atoms with van der Waals surface area (Å²) in [5.41, 5.74) is 0.140. The highest BCUT2D eigenvalue weighted by Crippen LogP contribution is 2.32. The van der Waals surface area contributed by atoms with Crippen LogP contribution in [0.3, 0.4) is 0 Å². The van der Waals surface area contributed by atoms with Crippen LogP contribution in [0.4, 0.5) is 22.0 Å². The number of guanidine groups is 1. The molecule has 0 unspecified atom stereocenters. The maximum Gasteiger partial charge on any atom is 0.416 e. The van der Waals surface area contributed by atoms with E-state index in [9.17, 15) is 22.0 Å². The first kappa shape index (κ1) is 22.3. The van der Waals surface area contributed by atoms with Crippen LogP contribution in [-0.2, 0) is 19.1 Å². The molecule has 0 radical (unpaired) electrons. The van der Waals surface area contributed by atoms with E-state index in [0.717, 1.165) is 12.1 Å². The van der Waals surface area contributed by atoms with Crippen molar-refractivity contribution in [2.75, 3.05) is 13.6 Å². The van der Waals surface area contributed by atoms with Gasteiger partial charge in [-0.25, -0.2) is 13.8 Å². The molecule has 0 aliphatic heterocycles. The molecular weight excluding hydrogens is 419 g/mol. The molecule has 0 saturated heterocycles. The Bertz CT molecular complexity index is 1040. The van der Waals surface area contributed by atoms with Gasteiger partial charge in [-0.2, -0.15) is 13.2 Å². The van der Waals surface area contributed by atoms with Gasteiger partial charge in [0.05, 0.1) is 11.3 Å². The fourth-order valence-electron chi connectivity index (χ4n) is 2.82. The van der Waals surface area contributed by atoms with Gasteiger partial charge in [0.15, 0.2) is 5.96 Å². The number of hydrogen-bond acceptors (Lipinski definition) is 3. The second kappa shape index (κ2) is 9.59. The smallest absolute Gasteiger partial charge is 0.416 e. The first-order valence-corrected chi connectivity index (χ1v) is 9.27. The second-order valence-corrected chi connectivity index (χ2v) is 6.55. The van der Waals surface area contributed by atoms with Gasteiger partial charge in [0, 0.05) is 32.1 Å². The van der Waals surface area contributed by atoms with E-state index in [0.29, 0.717) is 36.2 Å². The number of benzene rings is 2. The van der Waals surface area contributed by atoms with Crippen molar-refractivity contribution in [3.05, 3.63) is 77.2 Å². The van der Waals surface area contributed by atoms with Gasteiger partial charge >= 0.3 is 6.18 Å². The SMILES string of the molecule is CN=C(NCCc1coc(-c2ccc(F)cc2)n1)NCc1ccc(F)cc1C(F)(F)F. The lowest BCUT2D eigenvalue weighted by molar-refractivity contribution is -0.138. The molecule has 2 N–H and O–H groups in total. The van der Waals surface area contributed by atoms with Crippen molar-refractivity contribution in [2.45, 2.75) is 19.1 Å². The number of rotatable bonds is 6.